The Bertz CT molecular complexity index is 458. The zero-order chi connectivity index (χ0) is 13.1. The van der Waals surface area contributed by atoms with Crippen molar-refractivity contribution in [1.82, 2.24) is 0 Å². The van der Waals surface area contributed by atoms with E-state index in [4.69, 9.17) is 5.26 Å². The van der Waals surface area contributed by atoms with Crippen LogP contribution >= 0.6 is 0 Å². The highest BCUT2D eigenvalue weighted by molar-refractivity contribution is 5.52. The molecule has 0 aliphatic heterocycles. The van der Waals surface area contributed by atoms with E-state index in [0.29, 0.717) is 12.0 Å². The summed E-state index contributed by atoms with van der Waals surface area (Å²) in [7, 11) is 0. The SMILES string of the molecule is CC(C)CCN(c1ccc(C#N)c(F)c1)C1CC1. The third kappa shape index (κ3) is 3.01. The van der Waals surface area contributed by atoms with Gasteiger partial charge in [-0.2, -0.15) is 5.26 Å². The zero-order valence-corrected chi connectivity index (χ0v) is 11.0. The van der Waals surface area contributed by atoms with Crippen molar-refractivity contribution in [3.05, 3.63) is 29.6 Å². The van der Waals surface area contributed by atoms with Crippen LogP contribution in [0.2, 0.25) is 0 Å². The lowest BCUT2D eigenvalue weighted by molar-refractivity contribution is 0.569. The van der Waals surface area contributed by atoms with Crippen molar-refractivity contribution in [2.24, 2.45) is 5.92 Å². The Kier molecular flexibility index (Phi) is 3.86. The lowest BCUT2D eigenvalue weighted by Crippen LogP contribution is -2.27. The van der Waals surface area contributed by atoms with Gasteiger partial charge in [0.05, 0.1) is 5.56 Å². The van der Waals surface area contributed by atoms with Crippen molar-refractivity contribution < 1.29 is 4.39 Å². The molecule has 18 heavy (non-hydrogen) atoms. The molecule has 3 heteroatoms. The average molecular weight is 246 g/mol. The summed E-state index contributed by atoms with van der Waals surface area (Å²) in [6.07, 6.45) is 3.50. The molecule has 1 fully saturated rings. The van der Waals surface area contributed by atoms with Crippen molar-refractivity contribution in [3.63, 3.8) is 0 Å². The van der Waals surface area contributed by atoms with Gasteiger partial charge in [-0.3, -0.25) is 0 Å². The fourth-order valence-electron chi connectivity index (χ4n) is 2.08. The minimum absolute atomic E-state index is 0.123. The van der Waals surface area contributed by atoms with E-state index in [0.717, 1.165) is 18.7 Å². The van der Waals surface area contributed by atoms with Crippen molar-refractivity contribution in [3.8, 4) is 6.07 Å². The second kappa shape index (κ2) is 5.39. The fourth-order valence-corrected chi connectivity index (χ4v) is 2.08. The van der Waals surface area contributed by atoms with Crippen LogP contribution in [0.1, 0.15) is 38.7 Å². The molecule has 1 saturated carbocycles. The molecule has 0 N–H and O–H groups in total. The quantitative estimate of drug-likeness (QED) is 0.791. The van der Waals surface area contributed by atoms with Crippen LogP contribution in [0.3, 0.4) is 0 Å². The lowest BCUT2D eigenvalue weighted by Gasteiger charge is -2.25. The molecule has 1 aromatic carbocycles. The number of hydrogen-bond donors (Lipinski definition) is 0. The Hall–Kier alpha value is -1.56. The van der Waals surface area contributed by atoms with E-state index in [1.165, 1.54) is 18.9 Å². The molecule has 0 amide bonds. The van der Waals surface area contributed by atoms with Gasteiger partial charge in [0.25, 0.3) is 0 Å². The average Bonchev–Trinajstić information content (AvgIpc) is 3.13. The lowest BCUT2D eigenvalue weighted by atomic mass is 10.1. The molecular formula is C15H19FN2. The Balaban J connectivity index is 2.15. The summed E-state index contributed by atoms with van der Waals surface area (Å²) < 4.78 is 13.6. The number of anilines is 1. The summed E-state index contributed by atoms with van der Waals surface area (Å²) in [6, 6.07) is 7.37. The van der Waals surface area contributed by atoms with E-state index in [-0.39, 0.29) is 5.56 Å². The molecule has 2 rings (SSSR count). The summed E-state index contributed by atoms with van der Waals surface area (Å²) >= 11 is 0. The van der Waals surface area contributed by atoms with Crippen molar-refractivity contribution >= 4 is 5.69 Å². The van der Waals surface area contributed by atoms with Gasteiger partial charge in [0, 0.05) is 18.3 Å². The van der Waals surface area contributed by atoms with Gasteiger partial charge in [0.1, 0.15) is 11.9 Å². The molecule has 0 atom stereocenters. The van der Waals surface area contributed by atoms with E-state index in [2.05, 4.69) is 18.7 Å². The van der Waals surface area contributed by atoms with Gasteiger partial charge in [-0.15, -0.1) is 0 Å². The molecule has 1 aliphatic rings. The van der Waals surface area contributed by atoms with Gasteiger partial charge in [-0.1, -0.05) is 13.8 Å². The first kappa shape index (κ1) is 12.9. The van der Waals surface area contributed by atoms with Crippen LogP contribution in [0.15, 0.2) is 18.2 Å². The maximum Gasteiger partial charge on any atom is 0.143 e. The van der Waals surface area contributed by atoms with Gasteiger partial charge in [-0.25, -0.2) is 4.39 Å². The molecular weight excluding hydrogens is 227 g/mol. The Morgan fingerprint density at radius 3 is 2.67 bits per heavy atom. The van der Waals surface area contributed by atoms with Crippen LogP contribution in [0, 0.1) is 23.1 Å². The molecule has 0 aromatic heterocycles. The summed E-state index contributed by atoms with van der Waals surface area (Å²) in [5.41, 5.74) is 1.04. The van der Waals surface area contributed by atoms with Crippen molar-refractivity contribution in [2.45, 2.75) is 39.2 Å². The van der Waals surface area contributed by atoms with Crippen LogP contribution < -0.4 is 4.90 Å². The van der Waals surface area contributed by atoms with Gasteiger partial charge < -0.3 is 4.90 Å². The number of rotatable bonds is 5. The fraction of sp³-hybridized carbons (Fsp3) is 0.533. The molecule has 0 saturated heterocycles. The molecule has 1 aliphatic carbocycles. The van der Waals surface area contributed by atoms with Crippen LogP contribution in [-0.4, -0.2) is 12.6 Å². The highest BCUT2D eigenvalue weighted by atomic mass is 19.1. The zero-order valence-electron chi connectivity index (χ0n) is 11.0. The third-order valence-corrected chi connectivity index (χ3v) is 3.34. The Morgan fingerprint density at radius 2 is 2.17 bits per heavy atom. The molecule has 0 spiro atoms. The largest absolute Gasteiger partial charge is 0.368 e. The number of nitriles is 1. The first-order chi connectivity index (χ1) is 8.61. The highest BCUT2D eigenvalue weighted by Crippen LogP contribution is 2.32. The van der Waals surface area contributed by atoms with Crippen LogP contribution in [0.4, 0.5) is 10.1 Å². The van der Waals surface area contributed by atoms with Crippen LogP contribution in [0.5, 0.6) is 0 Å². The summed E-state index contributed by atoms with van der Waals surface area (Å²) in [5, 5.41) is 8.74. The molecule has 2 nitrogen and oxygen atoms in total. The van der Waals surface area contributed by atoms with Crippen LogP contribution in [-0.2, 0) is 0 Å². The molecule has 96 valence electrons. The van der Waals surface area contributed by atoms with Crippen molar-refractivity contribution in [1.29, 1.82) is 5.26 Å². The number of benzene rings is 1. The van der Waals surface area contributed by atoms with Gasteiger partial charge in [0.15, 0.2) is 0 Å². The molecule has 0 heterocycles. The van der Waals surface area contributed by atoms with Gasteiger partial charge >= 0.3 is 0 Å². The van der Waals surface area contributed by atoms with E-state index in [9.17, 15) is 4.39 Å². The normalized spacial score (nSPS) is 14.6. The summed E-state index contributed by atoms with van der Waals surface area (Å²) in [4.78, 5) is 2.28. The van der Waals surface area contributed by atoms with Gasteiger partial charge in [0.2, 0.25) is 0 Å². The second-order valence-electron chi connectivity index (χ2n) is 5.38. The minimum atomic E-state index is -0.412. The minimum Gasteiger partial charge on any atom is -0.368 e. The first-order valence-electron chi connectivity index (χ1n) is 6.58. The maximum atomic E-state index is 13.6. The molecule has 1 aromatic rings. The Morgan fingerprint density at radius 1 is 1.44 bits per heavy atom. The van der Waals surface area contributed by atoms with E-state index in [1.807, 2.05) is 12.1 Å². The number of hydrogen-bond acceptors (Lipinski definition) is 2. The predicted molar refractivity (Wildman–Crippen MR) is 70.9 cm³/mol. The van der Waals surface area contributed by atoms with Gasteiger partial charge in [-0.05, 0) is 43.4 Å². The molecule has 0 bridgehead atoms. The van der Waals surface area contributed by atoms with Crippen LogP contribution in [0.25, 0.3) is 0 Å². The van der Waals surface area contributed by atoms with E-state index in [1.54, 1.807) is 6.07 Å². The maximum absolute atomic E-state index is 13.6. The molecule has 0 unspecified atom stereocenters. The third-order valence-electron chi connectivity index (χ3n) is 3.34. The number of halogens is 1. The number of nitrogens with zero attached hydrogens (tertiary/aromatic N) is 2. The topological polar surface area (TPSA) is 27.0 Å². The van der Waals surface area contributed by atoms with E-state index >= 15 is 0 Å². The Labute approximate surface area is 108 Å². The second-order valence-corrected chi connectivity index (χ2v) is 5.38. The smallest absolute Gasteiger partial charge is 0.143 e. The van der Waals surface area contributed by atoms with Crippen molar-refractivity contribution in [2.75, 3.05) is 11.4 Å². The first-order valence-corrected chi connectivity index (χ1v) is 6.58. The standard InChI is InChI=1S/C15H19FN2/c1-11(2)7-8-18(13-5-6-13)14-4-3-12(10-17)15(16)9-14/h3-4,9,11,13H,5-8H2,1-2H3. The molecule has 0 radical (unpaired) electrons. The monoisotopic (exact) mass is 246 g/mol. The summed E-state index contributed by atoms with van der Waals surface area (Å²) in [6.45, 7) is 5.36. The summed E-state index contributed by atoms with van der Waals surface area (Å²) in [5.74, 6) is 0.236. The van der Waals surface area contributed by atoms with E-state index < -0.39 is 5.82 Å². The highest BCUT2D eigenvalue weighted by Gasteiger charge is 2.29. The predicted octanol–water partition coefficient (Wildman–Crippen LogP) is 3.71.